The summed E-state index contributed by atoms with van der Waals surface area (Å²) in [5, 5.41) is 8.51. The van der Waals surface area contributed by atoms with Gasteiger partial charge in [0, 0.05) is 19.3 Å². The molecule has 1 aliphatic heterocycles. The molecule has 4 nitrogen and oxygen atoms in total. The number of rotatable bonds is 1. The summed E-state index contributed by atoms with van der Waals surface area (Å²) in [6.45, 7) is 2.77. The van der Waals surface area contributed by atoms with Crippen LogP contribution < -0.4 is 0 Å². The maximum Gasteiger partial charge on any atom is 0.148 e. The molecule has 0 amide bonds. The lowest BCUT2D eigenvalue weighted by Gasteiger charge is -2.28. The zero-order valence-corrected chi connectivity index (χ0v) is 9.00. The second kappa shape index (κ2) is 4.59. The van der Waals surface area contributed by atoms with Crippen molar-refractivity contribution in [3.8, 4) is 0 Å². The molecule has 0 unspecified atom stereocenters. The molecule has 0 saturated carbocycles. The lowest BCUT2D eigenvalue weighted by atomic mass is 10.3. The molecule has 0 aliphatic carbocycles. The molecule has 15 heavy (non-hydrogen) atoms. The largest absolute Gasteiger partial charge is 0.378 e. The lowest BCUT2D eigenvalue weighted by Crippen LogP contribution is -2.41. The molecule has 1 aliphatic rings. The maximum absolute atomic E-state index is 7.99. The third-order valence-corrected chi connectivity index (χ3v) is 2.62. The van der Waals surface area contributed by atoms with Crippen molar-refractivity contribution in [3.63, 3.8) is 0 Å². The number of hydrogen-bond acceptors (Lipinski definition) is 3. The number of ether oxygens (including phenoxy) is 1. The van der Waals surface area contributed by atoms with Crippen LogP contribution in [0.25, 0.3) is 0 Å². The first-order valence-electron chi connectivity index (χ1n) is 4.81. The van der Waals surface area contributed by atoms with Crippen LogP contribution in [-0.2, 0) is 4.74 Å². The topological polar surface area (TPSA) is 49.2 Å². The first-order chi connectivity index (χ1) is 7.29. The van der Waals surface area contributed by atoms with Gasteiger partial charge in [-0.2, -0.15) is 0 Å². The van der Waals surface area contributed by atoms with Crippen LogP contribution in [0.4, 0.5) is 0 Å². The Kier molecular flexibility index (Phi) is 3.18. The quantitative estimate of drug-likeness (QED) is 0.581. The van der Waals surface area contributed by atoms with E-state index in [2.05, 4.69) is 4.98 Å². The van der Waals surface area contributed by atoms with Gasteiger partial charge in [-0.15, -0.1) is 0 Å². The minimum Gasteiger partial charge on any atom is -0.378 e. The monoisotopic (exact) mass is 225 g/mol. The summed E-state index contributed by atoms with van der Waals surface area (Å²) in [4.78, 5) is 6.04. The molecule has 0 aromatic carbocycles. The highest BCUT2D eigenvalue weighted by molar-refractivity contribution is 6.33. The molecule has 2 heterocycles. The molecule has 80 valence electrons. The number of hydrogen-bond donors (Lipinski definition) is 1. The van der Waals surface area contributed by atoms with Crippen LogP contribution in [-0.4, -0.2) is 42.0 Å². The van der Waals surface area contributed by atoms with Gasteiger partial charge in [-0.1, -0.05) is 11.6 Å². The number of pyridine rings is 1. The van der Waals surface area contributed by atoms with Crippen LogP contribution in [0.15, 0.2) is 18.3 Å². The van der Waals surface area contributed by atoms with Crippen LogP contribution >= 0.6 is 11.6 Å². The number of halogens is 1. The molecule has 2 rings (SSSR count). The third kappa shape index (κ3) is 2.27. The molecule has 0 spiro atoms. The highest BCUT2D eigenvalue weighted by Gasteiger charge is 2.17. The molecule has 0 atom stereocenters. The van der Waals surface area contributed by atoms with E-state index in [9.17, 15) is 0 Å². The smallest absolute Gasteiger partial charge is 0.148 e. The van der Waals surface area contributed by atoms with Gasteiger partial charge in [0.05, 0.1) is 18.2 Å². The van der Waals surface area contributed by atoms with E-state index in [1.165, 1.54) is 0 Å². The fourth-order valence-corrected chi connectivity index (χ4v) is 1.71. The summed E-state index contributed by atoms with van der Waals surface area (Å²) in [5.41, 5.74) is 0.543. The Morgan fingerprint density at radius 2 is 2.20 bits per heavy atom. The Bertz CT molecular complexity index is 363. The van der Waals surface area contributed by atoms with Gasteiger partial charge in [-0.05, 0) is 12.1 Å². The Labute approximate surface area is 93.3 Å². The standard InChI is InChI=1S/C10H12ClN3O/c11-8-2-1-3-13-9(8)10(12)14-4-6-15-7-5-14/h1-3,12H,4-7H2. The van der Waals surface area contributed by atoms with E-state index < -0.39 is 0 Å². The van der Waals surface area contributed by atoms with Gasteiger partial charge < -0.3 is 9.64 Å². The number of nitrogens with one attached hydrogen (secondary N) is 1. The van der Waals surface area contributed by atoms with Crippen LogP contribution in [0.2, 0.25) is 5.02 Å². The molecular weight excluding hydrogens is 214 g/mol. The first-order valence-corrected chi connectivity index (χ1v) is 5.19. The molecule has 1 aromatic heterocycles. The zero-order valence-electron chi connectivity index (χ0n) is 8.24. The summed E-state index contributed by atoms with van der Waals surface area (Å²) in [6.07, 6.45) is 1.65. The Morgan fingerprint density at radius 3 is 2.87 bits per heavy atom. The van der Waals surface area contributed by atoms with Gasteiger partial charge in [0.2, 0.25) is 0 Å². The van der Waals surface area contributed by atoms with Gasteiger partial charge in [0.1, 0.15) is 11.5 Å². The number of morpholine rings is 1. The first kappa shape index (κ1) is 10.4. The van der Waals surface area contributed by atoms with Crippen molar-refractivity contribution in [1.82, 2.24) is 9.88 Å². The molecule has 5 heteroatoms. The summed E-state index contributed by atoms with van der Waals surface area (Å²) in [6, 6.07) is 3.51. The molecule has 0 bridgehead atoms. The summed E-state index contributed by atoms with van der Waals surface area (Å²) >= 11 is 5.98. The van der Waals surface area contributed by atoms with Crippen LogP contribution in [0.3, 0.4) is 0 Å². The van der Waals surface area contributed by atoms with Crippen molar-refractivity contribution in [3.05, 3.63) is 29.0 Å². The molecule has 1 fully saturated rings. The van der Waals surface area contributed by atoms with Crippen molar-refractivity contribution in [2.75, 3.05) is 26.3 Å². The van der Waals surface area contributed by atoms with Gasteiger partial charge in [-0.3, -0.25) is 10.4 Å². The van der Waals surface area contributed by atoms with Crippen molar-refractivity contribution in [2.24, 2.45) is 0 Å². The van der Waals surface area contributed by atoms with E-state index in [1.807, 2.05) is 4.90 Å². The van der Waals surface area contributed by atoms with Crippen molar-refractivity contribution in [2.45, 2.75) is 0 Å². The van der Waals surface area contributed by atoms with E-state index in [0.29, 0.717) is 29.8 Å². The zero-order chi connectivity index (χ0) is 10.7. The Hall–Kier alpha value is -1.13. The van der Waals surface area contributed by atoms with Crippen LogP contribution in [0, 0.1) is 5.41 Å². The van der Waals surface area contributed by atoms with E-state index in [4.69, 9.17) is 21.7 Å². The molecular formula is C10H12ClN3O. The number of aromatic nitrogens is 1. The van der Waals surface area contributed by atoms with Crippen LogP contribution in [0.5, 0.6) is 0 Å². The molecule has 1 aromatic rings. The van der Waals surface area contributed by atoms with E-state index in [-0.39, 0.29) is 0 Å². The van der Waals surface area contributed by atoms with Gasteiger partial charge in [-0.25, -0.2) is 0 Å². The maximum atomic E-state index is 7.99. The summed E-state index contributed by atoms with van der Waals surface area (Å²) in [5.74, 6) is 0.379. The Balaban J connectivity index is 2.16. The third-order valence-electron chi connectivity index (χ3n) is 2.31. The lowest BCUT2D eigenvalue weighted by molar-refractivity contribution is 0.0679. The SMILES string of the molecule is N=C(c1ncccc1Cl)N1CCOCC1. The van der Waals surface area contributed by atoms with Gasteiger partial charge in [0.25, 0.3) is 0 Å². The van der Waals surface area contributed by atoms with E-state index >= 15 is 0 Å². The minimum absolute atomic E-state index is 0.379. The fraction of sp³-hybridized carbons (Fsp3) is 0.400. The molecule has 1 N–H and O–H groups in total. The predicted octanol–water partition coefficient (Wildman–Crippen LogP) is 1.39. The summed E-state index contributed by atoms with van der Waals surface area (Å²) < 4.78 is 5.22. The second-order valence-electron chi connectivity index (χ2n) is 3.28. The van der Waals surface area contributed by atoms with Gasteiger partial charge in [0.15, 0.2) is 0 Å². The van der Waals surface area contributed by atoms with Gasteiger partial charge >= 0.3 is 0 Å². The normalized spacial score (nSPS) is 16.5. The molecule has 0 radical (unpaired) electrons. The van der Waals surface area contributed by atoms with Crippen molar-refractivity contribution in [1.29, 1.82) is 5.41 Å². The second-order valence-corrected chi connectivity index (χ2v) is 3.69. The molecule has 1 saturated heterocycles. The van der Waals surface area contributed by atoms with E-state index in [1.54, 1.807) is 18.3 Å². The van der Waals surface area contributed by atoms with Crippen LogP contribution in [0.1, 0.15) is 5.69 Å². The average Bonchev–Trinajstić information content (AvgIpc) is 2.30. The Morgan fingerprint density at radius 1 is 1.47 bits per heavy atom. The highest BCUT2D eigenvalue weighted by atomic mass is 35.5. The fourth-order valence-electron chi connectivity index (χ4n) is 1.50. The highest BCUT2D eigenvalue weighted by Crippen LogP contribution is 2.14. The number of nitrogens with zero attached hydrogens (tertiary/aromatic N) is 2. The number of amidine groups is 1. The van der Waals surface area contributed by atoms with E-state index in [0.717, 1.165) is 13.1 Å². The predicted molar refractivity (Wildman–Crippen MR) is 58.5 cm³/mol. The van der Waals surface area contributed by atoms with Crippen molar-refractivity contribution < 1.29 is 4.74 Å². The average molecular weight is 226 g/mol. The van der Waals surface area contributed by atoms with Crippen molar-refractivity contribution >= 4 is 17.4 Å². The minimum atomic E-state index is 0.379. The summed E-state index contributed by atoms with van der Waals surface area (Å²) in [7, 11) is 0.